The van der Waals surface area contributed by atoms with Crippen molar-refractivity contribution in [2.75, 3.05) is 33.6 Å². The van der Waals surface area contributed by atoms with Crippen LogP contribution in [0.5, 0.6) is 0 Å². The van der Waals surface area contributed by atoms with Crippen LogP contribution < -0.4 is 10.6 Å². The molecule has 0 aliphatic rings. The zero-order chi connectivity index (χ0) is 14.8. The summed E-state index contributed by atoms with van der Waals surface area (Å²) in [5.74, 6) is 1.31. The number of nitrogens with one attached hydrogen (secondary N) is 2. The van der Waals surface area contributed by atoms with E-state index in [-0.39, 0.29) is 5.82 Å². The Balaban J connectivity index is 2.59. The van der Waals surface area contributed by atoms with E-state index >= 15 is 0 Å². The lowest BCUT2D eigenvalue weighted by molar-refractivity contribution is 0.203. The first-order chi connectivity index (χ1) is 9.71. The molecule has 0 radical (unpaired) electrons. The average molecular weight is 299 g/mol. The predicted molar refractivity (Wildman–Crippen MR) is 83.7 cm³/mol. The lowest BCUT2D eigenvalue weighted by Gasteiger charge is -2.14. The van der Waals surface area contributed by atoms with Gasteiger partial charge in [0.15, 0.2) is 5.96 Å². The van der Waals surface area contributed by atoms with Crippen molar-refractivity contribution in [2.45, 2.75) is 12.3 Å². The van der Waals surface area contributed by atoms with Gasteiger partial charge in [-0.2, -0.15) is 11.8 Å². The number of rotatable bonds is 7. The number of nitrogens with zero attached hydrogens (tertiary/aromatic N) is 1. The van der Waals surface area contributed by atoms with Crippen LogP contribution in [0.4, 0.5) is 4.39 Å². The highest BCUT2D eigenvalue weighted by atomic mass is 32.2. The van der Waals surface area contributed by atoms with E-state index in [4.69, 9.17) is 4.74 Å². The van der Waals surface area contributed by atoms with E-state index in [1.165, 1.54) is 6.07 Å². The van der Waals surface area contributed by atoms with Crippen LogP contribution in [-0.2, 0) is 17.0 Å². The van der Waals surface area contributed by atoms with E-state index in [1.54, 1.807) is 32.0 Å². The molecule has 1 aromatic rings. The van der Waals surface area contributed by atoms with Crippen LogP contribution >= 0.6 is 11.8 Å². The van der Waals surface area contributed by atoms with Crippen LogP contribution in [0.1, 0.15) is 11.1 Å². The molecule has 0 amide bonds. The molecule has 0 atom stereocenters. The van der Waals surface area contributed by atoms with Crippen molar-refractivity contribution in [2.24, 2.45) is 4.99 Å². The van der Waals surface area contributed by atoms with Crippen molar-refractivity contribution >= 4 is 17.7 Å². The molecule has 6 heteroatoms. The topological polar surface area (TPSA) is 45.7 Å². The maximum Gasteiger partial charge on any atom is 0.191 e. The molecule has 20 heavy (non-hydrogen) atoms. The lowest BCUT2D eigenvalue weighted by atomic mass is 10.1. The molecule has 0 saturated carbocycles. The molecule has 1 rings (SSSR count). The molecule has 2 N–H and O–H groups in total. The van der Waals surface area contributed by atoms with Gasteiger partial charge in [-0.1, -0.05) is 6.07 Å². The number of aliphatic imine (C=N–C) groups is 1. The van der Waals surface area contributed by atoms with Crippen LogP contribution in [0.3, 0.4) is 0 Å². The molecular weight excluding hydrogens is 277 g/mol. The van der Waals surface area contributed by atoms with Gasteiger partial charge in [0.1, 0.15) is 5.82 Å². The Morgan fingerprint density at radius 1 is 1.35 bits per heavy atom. The lowest BCUT2D eigenvalue weighted by Crippen LogP contribution is -2.38. The highest BCUT2D eigenvalue weighted by molar-refractivity contribution is 7.97. The smallest absolute Gasteiger partial charge is 0.191 e. The number of guanidine groups is 1. The molecule has 0 aliphatic heterocycles. The maximum absolute atomic E-state index is 13.3. The van der Waals surface area contributed by atoms with Crippen molar-refractivity contribution in [3.05, 3.63) is 35.1 Å². The monoisotopic (exact) mass is 299 g/mol. The summed E-state index contributed by atoms with van der Waals surface area (Å²) in [5, 5.41) is 6.35. The van der Waals surface area contributed by atoms with Crippen LogP contribution in [0.2, 0.25) is 0 Å². The van der Waals surface area contributed by atoms with Crippen molar-refractivity contribution in [3.63, 3.8) is 0 Å². The zero-order valence-electron chi connectivity index (χ0n) is 12.2. The number of benzene rings is 1. The second-order valence-corrected chi connectivity index (χ2v) is 5.06. The minimum atomic E-state index is -0.194. The molecule has 0 saturated heterocycles. The number of hydrogen-bond acceptors (Lipinski definition) is 3. The summed E-state index contributed by atoms with van der Waals surface area (Å²) >= 11 is 1.68. The molecule has 1 aromatic carbocycles. The molecular formula is C14H22FN3OS. The van der Waals surface area contributed by atoms with Crippen molar-refractivity contribution in [1.29, 1.82) is 0 Å². The Kier molecular flexibility index (Phi) is 8.06. The van der Waals surface area contributed by atoms with E-state index in [1.807, 2.05) is 12.3 Å². The first-order valence-electron chi connectivity index (χ1n) is 6.41. The summed E-state index contributed by atoms with van der Waals surface area (Å²) in [6.07, 6.45) is 2.01. The summed E-state index contributed by atoms with van der Waals surface area (Å²) in [5.41, 5.74) is 2.09. The Bertz CT molecular complexity index is 440. The van der Waals surface area contributed by atoms with Crippen LogP contribution in [0, 0.1) is 5.82 Å². The minimum Gasteiger partial charge on any atom is -0.383 e. The molecule has 0 unspecified atom stereocenters. The standard InChI is InChI=1S/C14H22FN3OS/c1-16-14(17-6-7-19-2)18-9-11-4-5-13(15)8-12(11)10-20-3/h4-5,8H,6-7,9-10H2,1-3H3,(H2,16,17,18). The number of ether oxygens (including phenoxy) is 1. The summed E-state index contributed by atoms with van der Waals surface area (Å²) in [6, 6.07) is 4.90. The second kappa shape index (κ2) is 9.61. The third-order valence-electron chi connectivity index (χ3n) is 2.74. The molecule has 0 aliphatic carbocycles. The SMILES string of the molecule is CN=C(NCCOC)NCc1ccc(F)cc1CSC. The number of halogens is 1. The fourth-order valence-corrected chi connectivity index (χ4v) is 2.31. The quantitative estimate of drug-likeness (QED) is 0.459. The summed E-state index contributed by atoms with van der Waals surface area (Å²) in [7, 11) is 3.38. The van der Waals surface area contributed by atoms with Gasteiger partial charge in [-0.15, -0.1) is 0 Å². The van der Waals surface area contributed by atoms with Gasteiger partial charge in [-0.25, -0.2) is 4.39 Å². The summed E-state index contributed by atoms with van der Waals surface area (Å²) in [4.78, 5) is 4.13. The van der Waals surface area contributed by atoms with Gasteiger partial charge in [-0.3, -0.25) is 4.99 Å². The first kappa shape index (κ1) is 16.8. The Morgan fingerprint density at radius 3 is 2.80 bits per heavy atom. The Hall–Kier alpha value is -1.27. The van der Waals surface area contributed by atoms with Crippen LogP contribution in [0.15, 0.2) is 23.2 Å². The van der Waals surface area contributed by atoms with E-state index < -0.39 is 0 Å². The molecule has 0 fully saturated rings. The van der Waals surface area contributed by atoms with Gasteiger partial charge < -0.3 is 15.4 Å². The molecule has 112 valence electrons. The van der Waals surface area contributed by atoms with E-state index in [9.17, 15) is 4.39 Å². The first-order valence-corrected chi connectivity index (χ1v) is 7.80. The van der Waals surface area contributed by atoms with Crippen molar-refractivity contribution in [1.82, 2.24) is 10.6 Å². The molecule has 4 nitrogen and oxygen atoms in total. The molecule has 0 bridgehead atoms. The highest BCUT2D eigenvalue weighted by Gasteiger charge is 2.05. The van der Waals surface area contributed by atoms with Crippen LogP contribution in [-0.4, -0.2) is 39.5 Å². The summed E-state index contributed by atoms with van der Waals surface area (Å²) < 4.78 is 18.2. The fourth-order valence-electron chi connectivity index (χ4n) is 1.73. The van der Waals surface area contributed by atoms with Crippen molar-refractivity contribution < 1.29 is 9.13 Å². The zero-order valence-corrected chi connectivity index (χ0v) is 13.0. The van der Waals surface area contributed by atoms with Gasteiger partial charge in [0.2, 0.25) is 0 Å². The number of methoxy groups -OCH3 is 1. The van der Waals surface area contributed by atoms with E-state index in [0.717, 1.165) is 16.9 Å². The normalized spacial score (nSPS) is 11.5. The molecule has 0 spiro atoms. The van der Waals surface area contributed by atoms with Crippen LogP contribution in [0.25, 0.3) is 0 Å². The number of thioether (sulfide) groups is 1. The highest BCUT2D eigenvalue weighted by Crippen LogP contribution is 2.16. The van der Waals surface area contributed by atoms with Gasteiger partial charge in [-0.05, 0) is 29.5 Å². The van der Waals surface area contributed by atoms with E-state index in [2.05, 4.69) is 15.6 Å². The maximum atomic E-state index is 13.3. The van der Waals surface area contributed by atoms with Gasteiger partial charge in [0.05, 0.1) is 6.61 Å². The van der Waals surface area contributed by atoms with Gasteiger partial charge >= 0.3 is 0 Å². The third kappa shape index (κ3) is 5.79. The third-order valence-corrected chi connectivity index (χ3v) is 3.34. The minimum absolute atomic E-state index is 0.194. The second-order valence-electron chi connectivity index (χ2n) is 4.19. The van der Waals surface area contributed by atoms with Gasteiger partial charge in [0, 0.05) is 33.0 Å². The average Bonchev–Trinajstić information content (AvgIpc) is 2.44. The molecule has 0 aromatic heterocycles. The van der Waals surface area contributed by atoms with Gasteiger partial charge in [0.25, 0.3) is 0 Å². The molecule has 0 heterocycles. The Labute approximate surface area is 124 Å². The summed E-state index contributed by atoms with van der Waals surface area (Å²) in [6.45, 7) is 1.93. The number of hydrogen-bond donors (Lipinski definition) is 2. The Morgan fingerprint density at radius 2 is 2.15 bits per heavy atom. The largest absolute Gasteiger partial charge is 0.383 e. The van der Waals surface area contributed by atoms with E-state index in [0.29, 0.717) is 25.7 Å². The fraction of sp³-hybridized carbons (Fsp3) is 0.500. The predicted octanol–water partition coefficient (Wildman–Crippen LogP) is 2.00. The van der Waals surface area contributed by atoms with Crippen molar-refractivity contribution in [3.8, 4) is 0 Å².